The van der Waals surface area contributed by atoms with Gasteiger partial charge in [0, 0.05) is 31.7 Å². The van der Waals surface area contributed by atoms with Gasteiger partial charge in [-0.1, -0.05) is 6.92 Å². The van der Waals surface area contributed by atoms with E-state index in [-0.39, 0.29) is 0 Å². The molecular weight excluding hydrogens is 236 g/mol. The highest BCUT2D eigenvalue weighted by molar-refractivity contribution is 6.61. The van der Waals surface area contributed by atoms with Gasteiger partial charge in [-0.3, -0.25) is 0 Å². The first-order valence-corrected chi connectivity index (χ1v) is 5.24. The van der Waals surface area contributed by atoms with Crippen LogP contribution in [0.25, 0.3) is 0 Å². The molecule has 7 heteroatoms. The summed E-state index contributed by atoms with van der Waals surface area (Å²) in [5.41, 5.74) is -0.750. The molecule has 0 bridgehead atoms. The van der Waals surface area contributed by atoms with Gasteiger partial charge in [0.15, 0.2) is 0 Å². The lowest BCUT2D eigenvalue weighted by molar-refractivity contribution is 0.156. The van der Waals surface area contributed by atoms with Crippen molar-refractivity contribution in [1.82, 2.24) is 10.2 Å². The van der Waals surface area contributed by atoms with E-state index in [9.17, 15) is 9.59 Å². The van der Waals surface area contributed by atoms with Crippen LogP contribution in [0.1, 0.15) is 13.3 Å². The van der Waals surface area contributed by atoms with Crippen LogP contribution in [0.4, 0.5) is 9.59 Å². The number of carboxylic acid groups (broad SMARTS) is 1. The Balaban J connectivity index is 0. The summed E-state index contributed by atoms with van der Waals surface area (Å²) in [5, 5.41) is 11.0. The number of hydrogen-bond acceptors (Lipinski definition) is 4. The Morgan fingerprint density at radius 3 is 2.31 bits per heavy atom. The molecule has 0 radical (unpaired) electrons. The summed E-state index contributed by atoms with van der Waals surface area (Å²) in [6.45, 7) is 3.53. The number of ether oxygens (including phenoxy) is 1. The van der Waals surface area contributed by atoms with Gasteiger partial charge in [0.1, 0.15) is 6.61 Å². The molecule has 0 aromatic heterocycles. The zero-order chi connectivity index (χ0) is 13.0. The molecule has 1 amide bonds. The van der Waals surface area contributed by atoms with Crippen LogP contribution in [0.5, 0.6) is 0 Å². The Morgan fingerprint density at radius 2 is 2.06 bits per heavy atom. The molecule has 96 valence electrons. The van der Waals surface area contributed by atoms with Crippen molar-refractivity contribution < 1.29 is 19.4 Å². The molecule has 0 aliphatic carbocycles. The summed E-state index contributed by atoms with van der Waals surface area (Å²) >= 11 is 4.82. The molecule has 0 saturated heterocycles. The van der Waals surface area contributed by atoms with E-state index in [0.29, 0.717) is 19.7 Å². The van der Waals surface area contributed by atoms with Crippen LogP contribution in [0.3, 0.4) is 0 Å². The van der Waals surface area contributed by atoms with Gasteiger partial charge >= 0.3 is 11.5 Å². The van der Waals surface area contributed by atoms with Crippen molar-refractivity contribution in [2.45, 2.75) is 13.3 Å². The Bertz CT molecular complexity index is 202. The normalized spacial score (nSPS) is 8.75. The quantitative estimate of drug-likeness (QED) is 0.575. The Hall–Kier alpha value is -1.01. The second kappa shape index (κ2) is 12.1. The molecule has 0 atom stereocenters. The fourth-order valence-corrected chi connectivity index (χ4v) is 0.742. The summed E-state index contributed by atoms with van der Waals surface area (Å²) in [6.07, 6.45) is 0.0230. The minimum absolute atomic E-state index is 0.332. The second-order valence-corrected chi connectivity index (χ2v) is 3.20. The van der Waals surface area contributed by atoms with E-state index in [2.05, 4.69) is 10.1 Å². The minimum Gasteiger partial charge on any atom is -0.465 e. The molecule has 6 nitrogen and oxygen atoms in total. The third kappa shape index (κ3) is 15.5. The smallest absolute Gasteiger partial charge is 0.407 e. The average molecular weight is 255 g/mol. The maximum atomic E-state index is 10.0. The minimum atomic E-state index is -0.855. The number of carbonyl (C=O) groups is 2. The Kier molecular flexibility index (Phi) is 13.1. The van der Waals surface area contributed by atoms with Crippen LogP contribution < -0.4 is 5.32 Å². The van der Waals surface area contributed by atoms with Gasteiger partial charge in [-0.15, -0.1) is 0 Å². The first kappa shape index (κ1) is 17.4. The van der Waals surface area contributed by atoms with Crippen molar-refractivity contribution in [3.05, 3.63) is 0 Å². The van der Waals surface area contributed by atoms with Crippen molar-refractivity contribution in [1.29, 1.82) is 0 Å². The zero-order valence-electron chi connectivity index (χ0n) is 9.83. The molecular formula is C9H19ClN2O4. The molecule has 0 aromatic rings. The first-order valence-electron chi connectivity index (χ1n) is 4.86. The SMILES string of the molecule is CCCN(C)C(=O)O.CNCCOC(=O)Cl. The number of hydrogen-bond donors (Lipinski definition) is 2. The van der Waals surface area contributed by atoms with E-state index < -0.39 is 11.5 Å². The summed E-state index contributed by atoms with van der Waals surface area (Å²) in [5.74, 6) is 0. The highest BCUT2D eigenvalue weighted by Gasteiger charge is 2.00. The molecule has 0 unspecified atom stereocenters. The van der Waals surface area contributed by atoms with Crippen molar-refractivity contribution >= 4 is 23.1 Å². The Morgan fingerprint density at radius 1 is 1.50 bits per heavy atom. The third-order valence-corrected chi connectivity index (χ3v) is 1.56. The van der Waals surface area contributed by atoms with Gasteiger partial charge in [0.05, 0.1) is 0 Å². The lowest BCUT2D eigenvalue weighted by Gasteiger charge is -2.09. The number of carbonyl (C=O) groups excluding carboxylic acids is 1. The fourth-order valence-electron chi connectivity index (χ4n) is 0.664. The molecule has 0 saturated carbocycles. The largest absolute Gasteiger partial charge is 0.465 e. The van der Waals surface area contributed by atoms with Gasteiger partial charge < -0.3 is 20.1 Å². The van der Waals surface area contributed by atoms with E-state index in [0.717, 1.165) is 6.42 Å². The summed E-state index contributed by atoms with van der Waals surface area (Å²) in [4.78, 5) is 21.1. The maximum absolute atomic E-state index is 10.0. The van der Waals surface area contributed by atoms with E-state index >= 15 is 0 Å². The topological polar surface area (TPSA) is 78.9 Å². The lowest BCUT2D eigenvalue weighted by atomic mass is 10.5. The lowest BCUT2D eigenvalue weighted by Crippen LogP contribution is -2.24. The molecule has 0 aliphatic rings. The molecule has 0 spiro atoms. The van der Waals surface area contributed by atoms with Crippen LogP contribution in [0.2, 0.25) is 0 Å². The Labute approximate surface area is 101 Å². The van der Waals surface area contributed by atoms with Crippen LogP contribution in [-0.2, 0) is 4.74 Å². The molecule has 0 fully saturated rings. The fraction of sp³-hybridized carbons (Fsp3) is 0.778. The monoisotopic (exact) mass is 254 g/mol. The van der Waals surface area contributed by atoms with Gasteiger partial charge in [-0.2, -0.15) is 0 Å². The molecule has 2 N–H and O–H groups in total. The predicted octanol–water partition coefficient (Wildman–Crippen LogP) is 1.59. The third-order valence-electron chi connectivity index (χ3n) is 1.45. The summed E-state index contributed by atoms with van der Waals surface area (Å²) in [7, 11) is 3.33. The standard InChI is InChI=1S/C5H11NO2.C4H8ClNO2/c1-3-4-6(2)5(7)8;1-6-2-3-8-4(5)7/h3-4H2,1-2H3,(H,7,8);6H,2-3H2,1H3. The van der Waals surface area contributed by atoms with Gasteiger partial charge in [0.25, 0.3) is 0 Å². The van der Waals surface area contributed by atoms with E-state index in [1.807, 2.05) is 6.92 Å². The summed E-state index contributed by atoms with van der Waals surface area (Å²) in [6, 6.07) is 0. The second-order valence-electron chi connectivity index (χ2n) is 2.89. The average Bonchev–Trinajstić information content (AvgIpc) is 2.19. The van der Waals surface area contributed by atoms with Crippen molar-refractivity contribution in [3.63, 3.8) is 0 Å². The van der Waals surface area contributed by atoms with Crippen LogP contribution in [0, 0.1) is 0 Å². The number of nitrogens with zero attached hydrogens (tertiary/aromatic N) is 1. The zero-order valence-corrected chi connectivity index (χ0v) is 10.6. The van der Waals surface area contributed by atoms with Crippen molar-refractivity contribution in [3.8, 4) is 0 Å². The van der Waals surface area contributed by atoms with Crippen LogP contribution >= 0.6 is 11.6 Å². The van der Waals surface area contributed by atoms with Crippen molar-refractivity contribution in [2.24, 2.45) is 0 Å². The number of rotatable bonds is 5. The highest BCUT2D eigenvalue weighted by Crippen LogP contribution is 1.84. The molecule has 16 heavy (non-hydrogen) atoms. The number of amides is 1. The van der Waals surface area contributed by atoms with Crippen LogP contribution in [-0.4, -0.2) is 55.3 Å². The maximum Gasteiger partial charge on any atom is 0.407 e. The summed E-state index contributed by atoms with van der Waals surface area (Å²) < 4.78 is 4.35. The number of nitrogens with one attached hydrogen (secondary N) is 1. The van der Waals surface area contributed by atoms with Gasteiger partial charge in [-0.25, -0.2) is 9.59 Å². The van der Waals surface area contributed by atoms with E-state index in [1.165, 1.54) is 4.90 Å². The van der Waals surface area contributed by atoms with E-state index in [1.54, 1.807) is 14.1 Å². The first-order chi connectivity index (χ1) is 7.45. The van der Waals surface area contributed by atoms with Crippen molar-refractivity contribution in [2.75, 3.05) is 33.8 Å². The molecule has 0 heterocycles. The number of halogens is 1. The van der Waals surface area contributed by atoms with Crippen LogP contribution in [0.15, 0.2) is 0 Å². The predicted molar refractivity (Wildman–Crippen MR) is 62.1 cm³/mol. The van der Waals surface area contributed by atoms with Gasteiger partial charge in [-0.05, 0) is 13.5 Å². The number of likely N-dealkylation sites (N-methyl/N-ethyl adjacent to an activating group) is 1. The molecule has 0 aliphatic heterocycles. The highest BCUT2D eigenvalue weighted by atomic mass is 35.5. The van der Waals surface area contributed by atoms with E-state index in [4.69, 9.17) is 16.7 Å². The van der Waals surface area contributed by atoms with Gasteiger partial charge in [0.2, 0.25) is 0 Å². The molecule has 0 rings (SSSR count). The molecule has 0 aromatic carbocycles.